The summed E-state index contributed by atoms with van der Waals surface area (Å²) < 4.78 is 72.3. The Hall–Kier alpha value is -2.19. The molecule has 26 heavy (non-hydrogen) atoms. The zero-order valence-corrected chi connectivity index (χ0v) is 14.2. The van der Waals surface area contributed by atoms with Gasteiger partial charge in [0.15, 0.2) is 5.69 Å². The highest BCUT2D eigenvalue weighted by Gasteiger charge is 2.40. The zero-order chi connectivity index (χ0) is 19.6. The van der Waals surface area contributed by atoms with Crippen LogP contribution in [0.2, 0.25) is 0 Å². The van der Waals surface area contributed by atoms with Crippen molar-refractivity contribution < 1.29 is 36.6 Å². The second-order valence-corrected chi connectivity index (χ2v) is 6.38. The van der Waals surface area contributed by atoms with Gasteiger partial charge in [0, 0.05) is 12.0 Å². The lowest BCUT2D eigenvalue weighted by Gasteiger charge is -2.20. The summed E-state index contributed by atoms with van der Waals surface area (Å²) in [6, 6.07) is 0. The lowest BCUT2D eigenvalue weighted by molar-refractivity contribution is -0.141. The molecule has 0 aliphatic carbocycles. The van der Waals surface area contributed by atoms with Crippen molar-refractivity contribution in [3.63, 3.8) is 0 Å². The van der Waals surface area contributed by atoms with Crippen LogP contribution in [0.15, 0.2) is 5.76 Å². The molecule has 0 unspecified atom stereocenters. The highest BCUT2D eigenvalue weighted by Crippen LogP contribution is 2.39. The molecular weight excluding hydrogens is 361 g/mol. The van der Waals surface area contributed by atoms with E-state index in [1.54, 1.807) is 13.8 Å². The summed E-state index contributed by atoms with van der Waals surface area (Å²) in [6.45, 7) is 3.65. The van der Waals surface area contributed by atoms with Gasteiger partial charge in [0.2, 0.25) is 0 Å². The third-order valence-corrected chi connectivity index (χ3v) is 3.83. The van der Waals surface area contributed by atoms with E-state index in [4.69, 9.17) is 4.74 Å². The summed E-state index contributed by atoms with van der Waals surface area (Å²) in [5.74, 6) is -1.74. The fraction of sp³-hybridized carbons (Fsp3) is 0.529. The molecule has 0 atom stereocenters. The Morgan fingerprint density at radius 1 is 1.35 bits per heavy atom. The molecule has 1 aliphatic rings. The summed E-state index contributed by atoms with van der Waals surface area (Å²) in [5, 5.41) is 9.38. The first-order valence-electron chi connectivity index (χ1n) is 8.01. The number of carboxylic acid groups (broad SMARTS) is 1. The standard InChI is InChI=1S/C17H18F5NO3/c1-8(2)6-10-11(7-9-4-3-5-26-9)14(17(20,21)22)23-13(15(18)19)12(10)16(24)25/h7-8,15H,3-6H2,1-2H3,(H,24,25). The SMILES string of the molecule is CC(C)Cc1c(C=C2CCCO2)c(C(F)(F)F)nc(C(F)F)c1C(=O)O. The maximum atomic E-state index is 13.5. The molecule has 144 valence electrons. The molecule has 1 saturated heterocycles. The van der Waals surface area contributed by atoms with Crippen molar-refractivity contribution in [3.8, 4) is 0 Å². The number of carboxylic acids is 1. The molecule has 1 N–H and O–H groups in total. The van der Waals surface area contributed by atoms with Crippen LogP contribution in [0.4, 0.5) is 22.0 Å². The summed E-state index contributed by atoms with van der Waals surface area (Å²) >= 11 is 0. The molecule has 0 bridgehead atoms. The Balaban J connectivity index is 2.89. The first-order valence-corrected chi connectivity index (χ1v) is 8.01. The Morgan fingerprint density at radius 3 is 2.42 bits per heavy atom. The van der Waals surface area contributed by atoms with Crippen LogP contribution in [0, 0.1) is 5.92 Å². The van der Waals surface area contributed by atoms with E-state index in [0.29, 0.717) is 19.4 Å². The number of rotatable bonds is 5. The monoisotopic (exact) mass is 379 g/mol. The van der Waals surface area contributed by atoms with Gasteiger partial charge in [0.1, 0.15) is 5.69 Å². The number of pyridine rings is 1. The highest BCUT2D eigenvalue weighted by atomic mass is 19.4. The molecule has 0 saturated carbocycles. The molecule has 1 aromatic heterocycles. The predicted molar refractivity (Wildman–Crippen MR) is 82.9 cm³/mol. The van der Waals surface area contributed by atoms with Crippen LogP contribution in [-0.2, 0) is 17.3 Å². The van der Waals surface area contributed by atoms with Gasteiger partial charge in [-0.2, -0.15) is 13.2 Å². The summed E-state index contributed by atoms with van der Waals surface area (Å²) in [6.07, 6.45) is -6.50. The molecule has 4 nitrogen and oxygen atoms in total. The first kappa shape index (κ1) is 20.1. The average molecular weight is 379 g/mol. The van der Waals surface area contributed by atoms with Gasteiger partial charge in [0.05, 0.1) is 17.9 Å². The van der Waals surface area contributed by atoms with Crippen LogP contribution < -0.4 is 0 Å². The Kier molecular flexibility index (Phi) is 5.87. The molecule has 0 spiro atoms. The van der Waals surface area contributed by atoms with Crippen molar-refractivity contribution >= 4 is 12.0 Å². The quantitative estimate of drug-likeness (QED) is 0.725. The molecule has 0 aromatic carbocycles. The van der Waals surface area contributed by atoms with E-state index in [1.807, 2.05) is 0 Å². The van der Waals surface area contributed by atoms with Crippen molar-refractivity contribution in [1.82, 2.24) is 4.98 Å². The largest absolute Gasteiger partial charge is 0.498 e. The molecule has 1 fully saturated rings. The van der Waals surface area contributed by atoms with E-state index in [1.165, 1.54) is 0 Å². The van der Waals surface area contributed by atoms with Crippen molar-refractivity contribution in [3.05, 3.63) is 33.8 Å². The summed E-state index contributed by atoms with van der Waals surface area (Å²) in [4.78, 5) is 14.6. The third-order valence-electron chi connectivity index (χ3n) is 3.83. The third kappa shape index (κ3) is 4.31. The number of ether oxygens (including phenoxy) is 1. The van der Waals surface area contributed by atoms with Crippen molar-refractivity contribution in [2.75, 3.05) is 6.61 Å². The van der Waals surface area contributed by atoms with Crippen molar-refractivity contribution in [2.45, 2.75) is 45.7 Å². The van der Waals surface area contributed by atoms with Gasteiger partial charge in [-0.3, -0.25) is 0 Å². The maximum absolute atomic E-state index is 13.5. The fourth-order valence-electron chi connectivity index (χ4n) is 2.85. The van der Waals surface area contributed by atoms with Crippen molar-refractivity contribution in [2.24, 2.45) is 5.92 Å². The minimum Gasteiger partial charge on any atom is -0.498 e. The average Bonchev–Trinajstić information content (AvgIpc) is 2.99. The number of carbonyl (C=O) groups is 1. The van der Waals surface area contributed by atoms with Gasteiger partial charge < -0.3 is 9.84 Å². The molecule has 1 aliphatic heterocycles. The fourth-order valence-corrected chi connectivity index (χ4v) is 2.85. The lowest BCUT2D eigenvalue weighted by Crippen LogP contribution is -2.20. The lowest BCUT2D eigenvalue weighted by atomic mass is 9.90. The summed E-state index contributed by atoms with van der Waals surface area (Å²) in [5.41, 5.74) is -4.56. The highest BCUT2D eigenvalue weighted by molar-refractivity contribution is 5.92. The normalized spacial score (nSPS) is 16.6. The number of nitrogens with zero attached hydrogens (tertiary/aromatic N) is 1. The number of hydrogen-bond acceptors (Lipinski definition) is 3. The van der Waals surface area contributed by atoms with E-state index in [9.17, 15) is 31.9 Å². The zero-order valence-electron chi connectivity index (χ0n) is 14.2. The molecule has 2 rings (SSSR count). The number of allylic oxidation sites excluding steroid dienone is 1. The van der Waals surface area contributed by atoms with Crippen LogP contribution in [0.5, 0.6) is 0 Å². The first-order chi connectivity index (χ1) is 12.0. The number of hydrogen-bond donors (Lipinski definition) is 1. The number of aromatic carboxylic acids is 1. The second kappa shape index (κ2) is 7.59. The van der Waals surface area contributed by atoms with Crippen molar-refractivity contribution in [1.29, 1.82) is 0 Å². The number of aromatic nitrogens is 1. The van der Waals surface area contributed by atoms with E-state index < -0.39 is 41.1 Å². The van der Waals surface area contributed by atoms with E-state index in [2.05, 4.69) is 4.98 Å². The Bertz CT molecular complexity index is 718. The maximum Gasteiger partial charge on any atom is 0.433 e. The number of alkyl halides is 5. The smallest absolute Gasteiger partial charge is 0.433 e. The van der Waals surface area contributed by atoms with E-state index in [0.717, 1.165) is 6.08 Å². The molecule has 0 amide bonds. The van der Waals surface area contributed by atoms with Crippen LogP contribution >= 0.6 is 0 Å². The molecule has 9 heteroatoms. The number of halogens is 5. The minimum absolute atomic E-state index is 0.119. The van der Waals surface area contributed by atoms with Gasteiger partial charge in [-0.25, -0.2) is 18.6 Å². The van der Waals surface area contributed by atoms with Gasteiger partial charge in [0.25, 0.3) is 6.43 Å². The second-order valence-electron chi connectivity index (χ2n) is 6.38. The molecule has 1 aromatic rings. The van der Waals surface area contributed by atoms with Crippen LogP contribution in [0.25, 0.3) is 6.08 Å². The van der Waals surface area contributed by atoms with Gasteiger partial charge in [-0.1, -0.05) is 13.8 Å². The minimum atomic E-state index is -5.02. The van der Waals surface area contributed by atoms with Crippen LogP contribution in [-0.4, -0.2) is 22.7 Å². The Morgan fingerprint density at radius 2 is 2.00 bits per heavy atom. The Labute approximate surface area is 146 Å². The molecule has 0 radical (unpaired) electrons. The topological polar surface area (TPSA) is 59.4 Å². The van der Waals surface area contributed by atoms with Crippen LogP contribution in [0.1, 0.15) is 66.0 Å². The van der Waals surface area contributed by atoms with Crippen LogP contribution in [0.3, 0.4) is 0 Å². The molecule has 2 heterocycles. The van der Waals surface area contributed by atoms with Gasteiger partial charge in [-0.05, 0) is 30.4 Å². The van der Waals surface area contributed by atoms with Gasteiger partial charge in [-0.15, -0.1) is 0 Å². The van der Waals surface area contributed by atoms with Gasteiger partial charge >= 0.3 is 12.1 Å². The predicted octanol–water partition coefficient (Wildman–Crippen LogP) is 5.09. The van der Waals surface area contributed by atoms with E-state index in [-0.39, 0.29) is 23.7 Å². The van der Waals surface area contributed by atoms with E-state index >= 15 is 0 Å². The summed E-state index contributed by atoms with van der Waals surface area (Å²) in [7, 11) is 0. The molecular formula is C17H18F5NO3.